The van der Waals surface area contributed by atoms with Gasteiger partial charge in [0.15, 0.2) is 10.7 Å². The number of methoxy groups -OCH3 is 1. The van der Waals surface area contributed by atoms with Crippen LogP contribution in [0.1, 0.15) is 16.2 Å². The lowest BCUT2D eigenvalue weighted by Crippen LogP contribution is -2.19. The lowest BCUT2D eigenvalue weighted by molar-refractivity contribution is -0.136. The number of oxazole rings is 1. The number of nitrogens with one attached hydrogen (secondary N) is 2. The number of alkyl halides is 3. The molecule has 0 aliphatic heterocycles. The predicted molar refractivity (Wildman–Crippen MR) is 128 cm³/mol. The van der Waals surface area contributed by atoms with Gasteiger partial charge in [-0.2, -0.15) is 13.2 Å². The molecule has 0 unspecified atom stereocenters. The van der Waals surface area contributed by atoms with Gasteiger partial charge in [0.25, 0.3) is 15.9 Å². The first-order chi connectivity index (χ1) is 17.5. The van der Waals surface area contributed by atoms with Crippen molar-refractivity contribution < 1.29 is 35.5 Å². The molecule has 0 fully saturated rings. The Morgan fingerprint density at radius 1 is 1.05 bits per heavy atom. The fraction of sp³-hybridized carbons (Fsp3) is 0.0870. The number of aromatic nitrogens is 2. The highest BCUT2D eigenvalue weighted by Crippen LogP contribution is 2.40. The summed E-state index contributed by atoms with van der Waals surface area (Å²) in [6.45, 7) is 0. The van der Waals surface area contributed by atoms with Crippen molar-refractivity contribution in [2.24, 2.45) is 0 Å². The van der Waals surface area contributed by atoms with E-state index in [9.17, 15) is 26.4 Å². The quantitative estimate of drug-likeness (QED) is 0.311. The summed E-state index contributed by atoms with van der Waals surface area (Å²) in [5.74, 6) is -1.25. The number of carbonyl (C=O) groups is 1. The van der Waals surface area contributed by atoms with Gasteiger partial charge in [0.1, 0.15) is 0 Å². The Labute approximate surface area is 213 Å². The van der Waals surface area contributed by atoms with Gasteiger partial charge in [-0.25, -0.2) is 18.4 Å². The SMILES string of the molecule is COc1ncc(NC(=O)c2ncc(-c3ccccc3)o2)cc1S(=O)(=O)Nc1c(Cl)cccc1C(F)(F)F. The second-order valence-corrected chi connectivity index (χ2v) is 9.40. The fourth-order valence-corrected chi connectivity index (χ4v) is 4.72. The third-order valence-electron chi connectivity index (χ3n) is 4.87. The van der Waals surface area contributed by atoms with Gasteiger partial charge in [-0.05, 0) is 18.2 Å². The van der Waals surface area contributed by atoms with Crippen LogP contribution in [0.15, 0.2) is 76.3 Å². The maximum atomic E-state index is 13.4. The zero-order valence-corrected chi connectivity index (χ0v) is 20.3. The van der Waals surface area contributed by atoms with Crippen LogP contribution in [0.3, 0.4) is 0 Å². The molecule has 1 amide bonds. The maximum absolute atomic E-state index is 13.4. The summed E-state index contributed by atoms with van der Waals surface area (Å²) >= 11 is 5.87. The molecule has 14 heteroatoms. The highest BCUT2D eigenvalue weighted by molar-refractivity contribution is 7.92. The van der Waals surface area contributed by atoms with E-state index in [0.717, 1.165) is 31.5 Å². The van der Waals surface area contributed by atoms with Crippen LogP contribution in [-0.4, -0.2) is 31.4 Å². The highest BCUT2D eigenvalue weighted by Gasteiger charge is 2.36. The van der Waals surface area contributed by atoms with E-state index in [4.69, 9.17) is 20.8 Å². The van der Waals surface area contributed by atoms with Crippen LogP contribution in [0.4, 0.5) is 24.5 Å². The summed E-state index contributed by atoms with van der Waals surface area (Å²) in [6, 6.07) is 12.6. The van der Waals surface area contributed by atoms with Crippen molar-refractivity contribution in [1.29, 1.82) is 0 Å². The molecule has 2 aromatic heterocycles. The number of halogens is 4. The molecule has 4 rings (SSSR count). The zero-order valence-electron chi connectivity index (χ0n) is 18.7. The molecule has 37 heavy (non-hydrogen) atoms. The van der Waals surface area contributed by atoms with Gasteiger partial charge >= 0.3 is 12.1 Å². The molecule has 9 nitrogen and oxygen atoms in total. The molecule has 192 valence electrons. The van der Waals surface area contributed by atoms with Crippen molar-refractivity contribution in [3.63, 3.8) is 0 Å². The predicted octanol–water partition coefficient (Wildman–Crippen LogP) is 5.47. The Morgan fingerprint density at radius 3 is 2.46 bits per heavy atom. The Kier molecular flexibility index (Phi) is 7.09. The Hall–Kier alpha value is -4.10. The molecular weight excluding hydrogens is 537 g/mol. The van der Waals surface area contributed by atoms with Gasteiger partial charge in [0.2, 0.25) is 5.88 Å². The third-order valence-corrected chi connectivity index (χ3v) is 6.53. The monoisotopic (exact) mass is 552 g/mol. The van der Waals surface area contributed by atoms with E-state index in [2.05, 4.69) is 15.3 Å². The van der Waals surface area contributed by atoms with Crippen molar-refractivity contribution in [2.75, 3.05) is 17.1 Å². The number of ether oxygens (including phenoxy) is 1. The number of pyridine rings is 1. The number of rotatable bonds is 7. The minimum absolute atomic E-state index is 0.124. The second-order valence-electron chi connectivity index (χ2n) is 7.35. The van der Waals surface area contributed by atoms with Crippen molar-refractivity contribution in [3.8, 4) is 17.2 Å². The van der Waals surface area contributed by atoms with Crippen LogP contribution in [-0.2, 0) is 16.2 Å². The molecule has 4 aromatic rings. The van der Waals surface area contributed by atoms with Gasteiger partial charge in [-0.1, -0.05) is 48.0 Å². The Morgan fingerprint density at radius 2 is 1.78 bits per heavy atom. The largest absolute Gasteiger partial charge is 0.480 e. The maximum Gasteiger partial charge on any atom is 0.418 e. The molecule has 0 saturated carbocycles. The molecular formula is C23H16ClF3N4O5S. The summed E-state index contributed by atoms with van der Waals surface area (Å²) in [6.07, 6.45) is -2.46. The molecule has 2 heterocycles. The lowest BCUT2D eigenvalue weighted by atomic mass is 10.2. The number of anilines is 2. The van der Waals surface area contributed by atoms with Crippen LogP contribution < -0.4 is 14.8 Å². The number of sulfonamides is 1. The first kappa shape index (κ1) is 26.0. The van der Waals surface area contributed by atoms with Gasteiger partial charge in [0.05, 0.1) is 41.5 Å². The number of para-hydroxylation sites is 1. The smallest absolute Gasteiger partial charge is 0.418 e. The molecule has 0 atom stereocenters. The van der Waals surface area contributed by atoms with Crippen LogP contribution >= 0.6 is 11.6 Å². The summed E-state index contributed by atoms with van der Waals surface area (Å²) in [4.78, 5) is 19.7. The molecule has 2 N–H and O–H groups in total. The van der Waals surface area contributed by atoms with Crippen LogP contribution in [0, 0.1) is 0 Å². The summed E-state index contributed by atoms with van der Waals surface area (Å²) < 4.78 is 78.7. The Bertz CT molecular complexity index is 1560. The minimum atomic E-state index is -4.89. The number of hydrogen-bond acceptors (Lipinski definition) is 7. The van der Waals surface area contributed by atoms with E-state index in [1.54, 1.807) is 30.3 Å². The third kappa shape index (κ3) is 5.67. The summed E-state index contributed by atoms with van der Waals surface area (Å²) in [5, 5.41) is 1.91. The molecule has 0 spiro atoms. The first-order valence-electron chi connectivity index (χ1n) is 10.2. The van der Waals surface area contributed by atoms with Crippen LogP contribution in [0.5, 0.6) is 5.88 Å². The minimum Gasteiger partial charge on any atom is -0.480 e. The van der Waals surface area contributed by atoms with Gasteiger partial charge in [0, 0.05) is 5.56 Å². The van der Waals surface area contributed by atoms with E-state index < -0.39 is 49.2 Å². The standard InChI is InChI=1S/C23H16ClF3N4O5S/c1-35-21-18(37(33,34)31-19-15(23(25,26)27)8-5-9-16(19)24)10-14(11-28-21)30-20(32)22-29-12-17(36-22)13-6-3-2-4-7-13/h2-12,31H,1H3,(H,30,32). The number of hydrogen-bond donors (Lipinski definition) is 2. The first-order valence-corrected chi connectivity index (χ1v) is 12.1. The molecule has 0 radical (unpaired) electrons. The average Bonchev–Trinajstić information content (AvgIpc) is 3.36. The molecule has 2 aromatic carbocycles. The van der Waals surface area contributed by atoms with Gasteiger partial charge in [-0.15, -0.1) is 0 Å². The van der Waals surface area contributed by atoms with E-state index in [0.29, 0.717) is 17.4 Å². The van der Waals surface area contributed by atoms with E-state index in [1.165, 1.54) is 6.20 Å². The molecule has 0 aliphatic rings. The van der Waals surface area contributed by atoms with Crippen LogP contribution in [0.2, 0.25) is 5.02 Å². The van der Waals surface area contributed by atoms with Gasteiger partial charge < -0.3 is 14.5 Å². The van der Waals surface area contributed by atoms with Crippen molar-refractivity contribution >= 4 is 38.9 Å². The van der Waals surface area contributed by atoms with E-state index in [-0.39, 0.29) is 11.6 Å². The second kappa shape index (κ2) is 10.1. The van der Waals surface area contributed by atoms with Crippen LogP contribution in [0.25, 0.3) is 11.3 Å². The van der Waals surface area contributed by atoms with Gasteiger partial charge in [-0.3, -0.25) is 9.52 Å². The number of nitrogens with zero attached hydrogens (tertiary/aromatic N) is 2. The number of benzene rings is 2. The molecule has 0 aliphatic carbocycles. The normalized spacial score (nSPS) is 11.7. The molecule has 0 saturated heterocycles. The van der Waals surface area contributed by atoms with E-state index >= 15 is 0 Å². The number of carbonyl (C=O) groups excluding carboxylic acids is 1. The zero-order chi connectivity index (χ0) is 26.8. The van der Waals surface area contributed by atoms with Crippen molar-refractivity contribution in [1.82, 2.24) is 9.97 Å². The lowest BCUT2D eigenvalue weighted by Gasteiger charge is -2.17. The van der Waals surface area contributed by atoms with Crippen molar-refractivity contribution in [3.05, 3.63) is 83.5 Å². The van der Waals surface area contributed by atoms with Crippen molar-refractivity contribution in [2.45, 2.75) is 11.1 Å². The van der Waals surface area contributed by atoms with E-state index in [1.807, 2.05) is 4.72 Å². The highest BCUT2D eigenvalue weighted by atomic mass is 35.5. The fourth-order valence-electron chi connectivity index (χ4n) is 3.20. The summed E-state index contributed by atoms with van der Waals surface area (Å²) in [7, 11) is -3.61. The number of amides is 1. The Balaban J connectivity index is 1.63. The summed E-state index contributed by atoms with van der Waals surface area (Å²) in [5.41, 5.74) is -1.61. The topological polar surface area (TPSA) is 123 Å². The molecule has 0 bridgehead atoms. The average molecular weight is 553 g/mol.